The van der Waals surface area contributed by atoms with Gasteiger partial charge in [0.15, 0.2) is 6.61 Å². The van der Waals surface area contributed by atoms with Crippen molar-refractivity contribution in [2.24, 2.45) is 0 Å². The van der Waals surface area contributed by atoms with Crippen molar-refractivity contribution < 1.29 is 9.53 Å². The van der Waals surface area contributed by atoms with Crippen molar-refractivity contribution in [3.05, 3.63) is 65.7 Å². The Balaban J connectivity index is 1.41. The van der Waals surface area contributed by atoms with E-state index in [2.05, 4.69) is 54.4 Å². The van der Waals surface area contributed by atoms with Gasteiger partial charge in [0, 0.05) is 25.2 Å². The number of nitrogens with one attached hydrogen (secondary N) is 1. The lowest BCUT2D eigenvalue weighted by atomic mass is 9.97. The van der Waals surface area contributed by atoms with E-state index in [1.54, 1.807) is 0 Å². The first-order valence-corrected chi connectivity index (χ1v) is 9.93. The summed E-state index contributed by atoms with van der Waals surface area (Å²) in [4.78, 5) is 14.7. The molecule has 1 amide bonds. The zero-order valence-electron chi connectivity index (χ0n) is 16.4. The van der Waals surface area contributed by atoms with Gasteiger partial charge in [-0.3, -0.25) is 9.69 Å². The Morgan fingerprint density at radius 3 is 2.52 bits per heavy atom. The third-order valence-corrected chi connectivity index (χ3v) is 5.31. The summed E-state index contributed by atoms with van der Waals surface area (Å²) in [5.74, 6) is 0.705. The third-order valence-electron chi connectivity index (χ3n) is 5.31. The van der Waals surface area contributed by atoms with Crippen LogP contribution in [-0.4, -0.2) is 36.0 Å². The second-order valence-corrected chi connectivity index (χ2v) is 7.38. The maximum absolute atomic E-state index is 12.2. The summed E-state index contributed by atoms with van der Waals surface area (Å²) in [6.45, 7) is 6.41. The fourth-order valence-electron chi connectivity index (χ4n) is 3.64. The highest BCUT2D eigenvalue weighted by Crippen LogP contribution is 2.20. The normalized spacial score (nSPS) is 20.2. The molecule has 0 aliphatic carbocycles. The van der Waals surface area contributed by atoms with Gasteiger partial charge < -0.3 is 10.1 Å². The number of ether oxygens (including phenoxy) is 1. The first kappa shape index (κ1) is 19.4. The molecule has 3 rings (SSSR count). The van der Waals surface area contributed by atoms with Crippen molar-refractivity contribution in [2.45, 2.75) is 51.7 Å². The van der Waals surface area contributed by atoms with Crippen LogP contribution in [0.3, 0.4) is 0 Å². The van der Waals surface area contributed by atoms with Crippen molar-refractivity contribution in [3.63, 3.8) is 0 Å². The molecule has 2 atom stereocenters. The van der Waals surface area contributed by atoms with Gasteiger partial charge in [0.25, 0.3) is 5.91 Å². The van der Waals surface area contributed by atoms with E-state index in [0.29, 0.717) is 6.04 Å². The summed E-state index contributed by atoms with van der Waals surface area (Å²) in [6, 6.07) is 19.2. The van der Waals surface area contributed by atoms with Crippen LogP contribution in [0.4, 0.5) is 0 Å². The van der Waals surface area contributed by atoms with Gasteiger partial charge in [-0.1, -0.05) is 49.4 Å². The van der Waals surface area contributed by atoms with Crippen molar-refractivity contribution in [3.8, 4) is 5.75 Å². The van der Waals surface area contributed by atoms with Crippen LogP contribution in [-0.2, 0) is 17.8 Å². The summed E-state index contributed by atoms with van der Waals surface area (Å²) in [7, 11) is 0. The molecule has 2 aromatic carbocycles. The Bertz CT molecular complexity index is 715. The minimum atomic E-state index is -0.0386. The average molecular weight is 367 g/mol. The average Bonchev–Trinajstić information content (AvgIpc) is 2.70. The molecule has 1 heterocycles. The smallest absolute Gasteiger partial charge is 0.258 e. The number of aryl methyl sites for hydroxylation is 1. The summed E-state index contributed by atoms with van der Waals surface area (Å²) in [6.07, 6.45) is 2.96. The van der Waals surface area contributed by atoms with Crippen LogP contribution < -0.4 is 10.1 Å². The first-order valence-electron chi connectivity index (χ1n) is 9.93. The predicted molar refractivity (Wildman–Crippen MR) is 109 cm³/mol. The summed E-state index contributed by atoms with van der Waals surface area (Å²) in [5.41, 5.74) is 2.61. The molecule has 0 spiro atoms. The molecule has 0 aromatic heterocycles. The van der Waals surface area contributed by atoms with E-state index >= 15 is 0 Å². The molecule has 1 aliphatic rings. The topological polar surface area (TPSA) is 41.6 Å². The summed E-state index contributed by atoms with van der Waals surface area (Å²) < 4.78 is 5.61. The quantitative estimate of drug-likeness (QED) is 0.810. The van der Waals surface area contributed by atoms with E-state index < -0.39 is 0 Å². The number of piperidine rings is 1. The molecule has 0 saturated carbocycles. The second-order valence-electron chi connectivity index (χ2n) is 7.38. The first-order chi connectivity index (χ1) is 13.1. The highest BCUT2D eigenvalue weighted by molar-refractivity contribution is 5.77. The largest absolute Gasteiger partial charge is 0.484 e. The minimum absolute atomic E-state index is 0.0386. The standard InChI is InChI=1S/C23H30N2O2/c1-3-19-9-11-22(12-10-19)27-17-23(26)24-21-13-14-25(18(2)15-21)16-20-7-5-4-6-8-20/h4-12,18,21H,3,13-17H2,1-2H3,(H,24,26). The van der Waals surface area contributed by atoms with Crippen LogP contribution in [0.5, 0.6) is 5.75 Å². The highest BCUT2D eigenvalue weighted by atomic mass is 16.5. The van der Waals surface area contributed by atoms with Gasteiger partial charge in [-0.15, -0.1) is 0 Å². The Morgan fingerprint density at radius 2 is 1.85 bits per heavy atom. The number of nitrogens with zero attached hydrogens (tertiary/aromatic N) is 1. The second kappa shape index (κ2) is 9.56. The number of hydrogen-bond acceptors (Lipinski definition) is 3. The predicted octanol–water partition coefficient (Wildman–Crippen LogP) is 3.80. The summed E-state index contributed by atoms with van der Waals surface area (Å²) >= 11 is 0. The zero-order chi connectivity index (χ0) is 19.1. The lowest BCUT2D eigenvalue weighted by molar-refractivity contribution is -0.124. The van der Waals surface area contributed by atoms with Gasteiger partial charge >= 0.3 is 0 Å². The molecular formula is C23H30N2O2. The van der Waals surface area contributed by atoms with Crippen LogP contribution in [0, 0.1) is 0 Å². The SMILES string of the molecule is CCc1ccc(OCC(=O)NC2CCN(Cc3ccccc3)C(C)C2)cc1. The Morgan fingerprint density at radius 1 is 1.11 bits per heavy atom. The highest BCUT2D eigenvalue weighted by Gasteiger charge is 2.26. The van der Waals surface area contributed by atoms with Gasteiger partial charge in [0.05, 0.1) is 0 Å². The van der Waals surface area contributed by atoms with Crippen molar-refractivity contribution in [2.75, 3.05) is 13.2 Å². The molecule has 1 saturated heterocycles. The monoisotopic (exact) mass is 366 g/mol. The lowest BCUT2D eigenvalue weighted by Gasteiger charge is -2.38. The number of hydrogen-bond donors (Lipinski definition) is 1. The van der Waals surface area contributed by atoms with Crippen LogP contribution in [0.15, 0.2) is 54.6 Å². The summed E-state index contributed by atoms with van der Waals surface area (Å²) in [5, 5.41) is 3.14. The maximum Gasteiger partial charge on any atom is 0.258 e. The molecule has 1 N–H and O–H groups in total. The molecule has 0 radical (unpaired) electrons. The van der Waals surface area contributed by atoms with Gasteiger partial charge in [0.1, 0.15) is 5.75 Å². The van der Waals surface area contributed by atoms with Gasteiger partial charge in [-0.05, 0) is 49.4 Å². The number of likely N-dealkylation sites (tertiary alicyclic amines) is 1. The minimum Gasteiger partial charge on any atom is -0.484 e. The van der Waals surface area contributed by atoms with Gasteiger partial charge in [-0.2, -0.15) is 0 Å². The Hall–Kier alpha value is -2.33. The lowest BCUT2D eigenvalue weighted by Crippen LogP contribution is -2.49. The van der Waals surface area contributed by atoms with Gasteiger partial charge in [-0.25, -0.2) is 0 Å². The van der Waals surface area contributed by atoms with E-state index in [4.69, 9.17) is 4.74 Å². The Kier molecular flexibility index (Phi) is 6.88. The molecule has 1 fully saturated rings. The van der Waals surface area contributed by atoms with Crippen molar-refractivity contribution in [1.82, 2.24) is 10.2 Å². The van der Waals surface area contributed by atoms with E-state index in [1.807, 2.05) is 24.3 Å². The van der Waals surface area contributed by atoms with Crippen LogP contribution >= 0.6 is 0 Å². The van der Waals surface area contributed by atoms with Crippen LogP contribution in [0.1, 0.15) is 37.8 Å². The van der Waals surface area contributed by atoms with E-state index in [9.17, 15) is 4.79 Å². The van der Waals surface area contributed by atoms with Gasteiger partial charge in [0.2, 0.25) is 0 Å². The fourth-order valence-corrected chi connectivity index (χ4v) is 3.64. The molecular weight excluding hydrogens is 336 g/mol. The van der Waals surface area contributed by atoms with E-state index in [1.165, 1.54) is 11.1 Å². The molecule has 144 valence electrons. The van der Waals surface area contributed by atoms with E-state index in [-0.39, 0.29) is 18.6 Å². The number of carbonyl (C=O) groups is 1. The number of benzene rings is 2. The zero-order valence-corrected chi connectivity index (χ0v) is 16.4. The van der Waals surface area contributed by atoms with Crippen molar-refractivity contribution >= 4 is 5.91 Å². The Labute approximate surface area is 162 Å². The number of rotatable bonds is 7. The fraction of sp³-hybridized carbons (Fsp3) is 0.435. The van der Waals surface area contributed by atoms with Crippen LogP contribution in [0.25, 0.3) is 0 Å². The molecule has 0 bridgehead atoms. The molecule has 27 heavy (non-hydrogen) atoms. The molecule has 2 aromatic rings. The van der Waals surface area contributed by atoms with E-state index in [0.717, 1.165) is 38.1 Å². The van der Waals surface area contributed by atoms with Crippen molar-refractivity contribution in [1.29, 1.82) is 0 Å². The maximum atomic E-state index is 12.2. The number of amides is 1. The molecule has 4 nitrogen and oxygen atoms in total. The number of carbonyl (C=O) groups excluding carboxylic acids is 1. The third kappa shape index (κ3) is 5.83. The molecule has 2 unspecified atom stereocenters. The molecule has 4 heteroatoms. The molecule has 1 aliphatic heterocycles. The van der Waals surface area contributed by atoms with Crippen LogP contribution in [0.2, 0.25) is 0 Å².